The summed E-state index contributed by atoms with van der Waals surface area (Å²) in [7, 11) is 1.84. The zero-order valence-corrected chi connectivity index (χ0v) is 18.3. The monoisotopic (exact) mass is 417 g/mol. The van der Waals surface area contributed by atoms with Crippen LogP contribution in [0.2, 0.25) is 0 Å². The Bertz CT molecular complexity index is 1300. The standard InChI is InChI=1S/C23H27N7O/c1-13(2)29-12-18(16-8-14(3)10-25-21(16)29)19-9-20(24-4)30-22(28-19)17(11-26-30)23(31)27-15-6-5-7-15/h8-13,15,24H,5-7H2,1-4H3,(H,27,31). The topological polar surface area (TPSA) is 89.1 Å². The lowest BCUT2D eigenvalue weighted by atomic mass is 9.93. The first kappa shape index (κ1) is 19.5. The Morgan fingerprint density at radius 1 is 1.19 bits per heavy atom. The van der Waals surface area contributed by atoms with Crippen LogP contribution in [0.1, 0.15) is 55.1 Å². The highest BCUT2D eigenvalue weighted by Gasteiger charge is 2.24. The first-order chi connectivity index (χ1) is 15.0. The fourth-order valence-corrected chi connectivity index (χ4v) is 4.09. The molecule has 0 unspecified atom stereocenters. The van der Waals surface area contributed by atoms with Crippen LogP contribution in [0, 0.1) is 6.92 Å². The predicted octanol–water partition coefficient (Wildman–Crippen LogP) is 3.96. The molecule has 0 atom stereocenters. The van der Waals surface area contributed by atoms with Gasteiger partial charge in [-0.25, -0.2) is 9.97 Å². The molecule has 1 saturated carbocycles. The fraction of sp³-hybridized carbons (Fsp3) is 0.391. The van der Waals surface area contributed by atoms with Crippen molar-refractivity contribution in [2.45, 2.75) is 52.1 Å². The molecular formula is C23H27N7O. The number of fused-ring (bicyclic) bond motifs is 2. The molecule has 0 bridgehead atoms. The van der Waals surface area contributed by atoms with E-state index in [2.05, 4.69) is 51.4 Å². The van der Waals surface area contributed by atoms with E-state index in [0.717, 1.165) is 46.5 Å². The summed E-state index contributed by atoms with van der Waals surface area (Å²) in [5.41, 5.74) is 4.84. The van der Waals surface area contributed by atoms with E-state index >= 15 is 0 Å². The number of aromatic nitrogens is 5. The molecule has 0 spiro atoms. The van der Waals surface area contributed by atoms with E-state index in [1.807, 2.05) is 26.2 Å². The Morgan fingerprint density at radius 2 is 2.00 bits per heavy atom. The van der Waals surface area contributed by atoms with Gasteiger partial charge in [-0.1, -0.05) is 0 Å². The largest absolute Gasteiger partial charge is 0.373 e. The second-order valence-electron chi connectivity index (χ2n) is 8.60. The highest BCUT2D eigenvalue weighted by atomic mass is 16.1. The van der Waals surface area contributed by atoms with Crippen LogP contribution in [-0.2, 0) is 0 Å². The molecule has 8 heteroatoms. The van der Waals surface area contributed by atoms with Gasteiger partial charge in [0.2, 0.25) is 0 Å². The van der Waals surface area contributed by atoms with Gasteiger partial charge in [-0.2, -0.15) is 9.61 Å². The van der Waals surface area contributed by atoms with Gasteiger partial charge in [0.15, 0.2) is 5.65 Å². The minimum atomic E-state index is -0.117. The van der Waals surface area contributed by atoms with E-state index in [4.69, 9.17) is 4.98 Å². The normalized spacial score (nSPS) is 14.4. The number of rotatable bonds is 5. The minimum absolute atomic E-state index is 0.117. The highest BCUT2D eigenvalue weighted by Crippen LogP contribution is 2.33. The van der Waals surface area contributed by atoms with Gasteiger partial charge in [0, 0.05) is 48.5 Å². The van der Waals surface area contributed by atoms with Gasteiger partial charge < -0.3 is 15.2 Å². The smallest absolute Gasteiger partial charge is 0.256 e. The lowest BCUT2D eigenvalue weighted by Crippen LogP contribution is -2.39. The van der Waals surface area contributed by atoms with Crippen molar-refractivity contribution in [1.82, 2.24) is 29.5 Å². The number of hydrogen-bond donors (Lipinski definition) is 2. The van der Waals surface area contributed by atoms with Crippen LogP contribution >= 0.6 is 0 Å². The fourth-order valence-electron chi connectivity index (χ4n) is 4.09. The van der Waals surface area contributed by atoms with Gasteiger partial charge >= 0.3 is 0 Å². The lowest BCUT2D eigenvalue weighted by Gasteiger charge is -2.26. The van der Waals surface area contributed by atoms with Crippen molar-refractivity contribution in [2.24, 2.45) is 0 Å². The Morgan fingerprint density at radius 3 is 2.68 bits per heavy atom. The van der Waals surface area contributed by atoms with Gasteiger partial charge in [-0.15, -0.1) is 0 Å². The first-order valence-corrected chi connectivity index (χ1v) is 10.8. The molecule has 1 amide bonds. The third kappa shape index (κ3) is 3.22. The third-order valence-corrected chi connectivity index (χ3v) is 6.05. The van der Waals surface area contributed by atoms with Gasteiger partial charge in [-0.3, -0.25) is 4.79 Å². The average molecular weight is 418 g/mol. The Balaban J connectivity index is 1.69. The molecule has 1 aliphatic carbocycles. The Hall–Kier alpha value is -3.42. The molecule has 0 aliphatic heterocycles. The zero-order chi connectivity index (χ0) is 21.7. The van der Waals surface area contributed by atoms with E-state index in [-0.39, 0.29) is 18.0 Å². The molecule has 1 fully saturated rings. The minimum Gasteiger partial charge on any atom is -0.373 e. The number of pyridine rings is 1. The number of anilines is 1. The summed E-state index contributed by atoms with van der Waals surface area (Å²) >= 11 is 0. The average Bonchev–Trinajstić information content (AvgIpc) is 3.31. The molecule has 0 saturated heterocycles. The van der Waals surface area contributed by atoms with Crippen LogP contribution < -0.4 is 10.6 Å². The Labute approximate surface area is 180 Å². The predicted molar refractivity (Wildman–Crippen MR) is 121 cm³/mol. The van der Waals surface area contributed by atoms with Crippen molar-refractivity contribution >= 4 is 28.4 Å². The number of hydrogen-bond acceptors (Lipinski definition) is 5. The highest BCUT2D eigenvalue weighted by molar-refractivity contribution is 6.01. The molecule has 4 aromatic heterocycles. The van der Waals surface area contributed by atoms with Crippen molar-refractivity contribution in [3.8, 4) is 11.3 Å². The van der Waals surface area contributed by atoms with Crippen molar-refractivity contribution < 1.29 is 4.79 Å². The van der Waals surface area contributed by atoms with Crippen molar-refractivity contribution in [2.75, 3.05) is 12.4 Å². The van der Waals surface area contributed by atoms with Crippen LogP contribution in [0.15, 0.2) is 30.7 Å². The Kier molecular flexibility index (Phi) is 4.64. The van der Waals surface area contributed by atoms with E-state index < -0.39 is 0 Å². The van der Waals surface area contributed by atoms with Crippen molar-refractivity contribution in [1.29, 1.82) is 0 Å². The third-order valence-electron chi connectivity index (χ3n) is 6.05. The van der Waals surface area contributed by atoms with Gasteiger partial charge in [0.1, 0.15) is 17.0 Å². The zero-order valence-electron chi connectivity index (χ0n) is 18.3. The summed E-state index contributed by atoms with van der Waals surface area (Å²) in [5.74, 6) is 0.655. The molecule has 2 N–H and O–H groups in total. The van der Waals surface area contributed by atoms with Gasteiger partial charge in [0.25, 0.3) is 5.91 Å². The lowest BCUT2D eigenvalue weighted by molar-refractivity contribution is 0.0918. The molecule has 5 rings (SSSR count). The molecule has 0 aromatic carbocycles. The number of aryl methyl sites for hydroxylation is 1. The second-order valence-corrected chi connectivity index (χ2v) is 8.60. The molecule has 0 radical (unpaired) electrons. The van der Waals surface area contributed by atoms with Crippen molar-refractivity contribution in [3.05, 3.63) is 41.9 Å². The summed E-state index contributed by atoms with van der Waals surface area (Å²) in [6, 6.07) is 4.63. The molecule has 4 aromatic rings. The first-order valence-electron chi connectivity index (χ1n) is 10.8. The summed E-state index contributed by atoms with van der Waals surface area (Å²) in [4.78, 5) is 22.5. The molecule has 31 heavy (non-hydrogen) atoms. The molecular weight excluding hydrogens is 390 g/mol. The summed E-state index contributed by atoms with van der Waals surface area (Å²) in [6.45, 7) is 6.32. The van der Waals surface area contributed by atoms with E-state index in [1.165, 1.54) is 6.42 Å². The molecule has 8 nitrogen and oxygen atoms in total. The van der Waals surface area contributed by atoms with E-state index in [1.54, 1.807) is 10.7 Å². The van der Waals surface area contributed by atoms with E-state index in [0.29, 0.717) is 11.2 Å². The quantitative estimate of drug-likeness (QED) is 0.513. The van der Waals surface area contributed by atoms with Crippen molar-refractivity contribution in [3.63, 3.8) is 0 Å². The molecule has 160 valence electrons. The van der Waals surface area contributed by atoms with Crippen LogP contribution in [-0.4, -0.2) is 43.1 Å². The molecule has 4 heterocycles. The van der Waals surface area contributed by atoms with Gasteiger partial charge in [0.05, 0.1) is 11.9 Å². The number of carbonyl (C=O) groups excluding carboxylic acids is 1. The number of amides is 1. The maximum absolute atomic E-state index is 12.9. The van der Waals surface area contributed by atoms with Crippen LogP contribution in [0.4, 0.5) is 5.82 Å². The van der Waals surface area contributed by atoms with E-state index in [9.17, 15) is 4.79 Å². The second kappa shape index (κ2) is 7.37. The molecule has 1 aliphatic rings. The number of nitrogens with zero attached hydrogens (tertiary/aromatic N) is 5. The number of nitrogens with one attached hydrogen (secondary N) is 2. The summed E-state index contributed by atoms with van der Waals surface area (Å²) in [5, 5.41) is 11.8. The SMILES string of the molecule is CNc1cc(-c2cn(C(C)C)c3ncc(C)cc23)nc2c(C(=O)NC3CCC3)cnn12. The summed E-state index contributed by atoms with van der Waals surface area (Å²) in [6.07, 6.45) is 8.83. The summed E-state index contributed by atoms with van der Waals surface area (Å²) < 4.78 is 3.85. The maximum atomic E-state index is 12.9. The maximum Gasteiger partial charge on any atom is 0.256 e. The van der Waals surface area contributed by atoms with Crippen LogP contribution in [0.5, 0.6) is 0 Å². The van der Waals surface area contributed by atoms with Crippen LogP contribution in [0.25, 0.3) is 27.9 Å². The van der Waals surface area contributed by atoms with Crippen LogP contribution in [0.3, 0.4) is 0 Å². The number of carbonyl (C=O) groups is 1. The van der Waals surface area contributed by atoms with Gasteiger partial charge in [-0.05, 0) is 51.7 Å².